The maximum Gasteiger partial charge on any atom is 0.346 e. The summed E-state index contributed by atoms with van der Waals surface area (Å²) in [6, 6.07) is 6.98. The van der Waals surface area contributed by atoms with Gasteiger partial charge in [0.15, 0.2) is 6.10 Å². The van der Waals surface area contributed by atoms with Crippen LogP contribution in [0.25, 0.3) is 0 Å². The van der Waals surface area contributed by atoms with Crippen LogP contribution in [0, 0.1) is 0 Å². The molecule has 1 aromatic carbocycles. The minimum atomic E-state index is -0.658. The molecule has 2 atom stereocenters. The Hall–Kier alpha value is -1.55. The third-order valence-electron chi connectivity index (χ3n) is 2.19. The number of carbonyl (C=O) groups excluding carboxylic acids is 1. The summed E-state index contributed by atoms with van der Waals surface area (Å²) in [6.07, 6.45) is -1.22. The Morgan fingerprint density at radius 1 is 1.38 bits per heavy atom. The van der Waals surface area contributed by atoms with Crippen LogP contribution in [0.15, 0.2) is 24.3 Å². The molecule has 1 unspecified atom stereocenters. The van der Waals surface area contributed by atoms with Gasteiger partial charge in [-0.2, -0.15) is 0 Å². The van der Waals surface area contributed by atoms with E-state index in [1.54, 1.807) is 38.1 Å². The number of aliphatic hydroxyl groups excluding tert-OH is 1. The first-order valence-electron chi connectivity index (χ1n) is 5.07. The van der Waals surface area contributed by atoms with E-state index >= 15 is 0 Å². The van der Waals surface area contributed by atoms with Gasteiger partial charge in [-0.3, -0.25) is 0 Å². The summed E-state index contributed by atoms with van der Waals surface area (Å²) in [5.41, 5.74) is 0.745. The average Bonchev–Trinajstić information content (AvgIpc) is 2.28. The van der Waals surface area contributed by atoms with Crippen LogP contribution in [0.1, 0.15) is 25.5 Å². The number of esters is 1. The van der Waals surface area contributed by atoms with Crippen LogP contribution in [-0.2, 0) is 9.53 Å². The topological polar surface area (TPSA) is 55.8 Å². The normalized spacial score (nSPS) is 14.0. The number of ether oxygens (including phenoxy) is 2. The predicted octanol–water partition coefficient (Wildman–Crippen LogP) is 1.68. The number of benzene rings is 1. The van der Waals surface area contributed by atoms with Crippen LogP contribution in [-0.4, -0.2) is 24.3 Å². The fourth-order valence-electron chi connectivity index (χ4n) is 1.27. The molecule has 0 aromatic heterocycles. The molecule has 1 N–H and O–H groups in total. The largest absolute Gasteiger partial charge is 0.479 e. The van der Waals surface area contributed by atoms with Gasteiger partial charge in [0.2, 0.25) is 0 Å². The van der Waals surface area contributed by atoms with Crippen LogP contribution in [0.3, 0.4) is 0 Å². The molecule has 4 heteroatoms. The van der Waals surface area contributed by atoms with Crippen LogP contribution in [0.4, 0.5) is 0 Å². The number of aliphatic hydroxyl groups is 1. The smallest absolute Gasteiger partial charge is 0.346 e. The van der Waals surface area contributed by atoms with Crippen molar-refractivity contribution in [3.8, 4) is 5.75 Å². The van der Waals surface area contributed by atoms with E-state index in [9.17, 15) is 9.90 Å². The van der Waals surface area contributed by atoms with Gasteiger partial charge in [0.25, 0.3) is 0 Å². The zero-order valence-corrected chi connectivity index (χ0v) is 9.64. The van der Waals surface area contributed by atoms with Gasteiger partial charge >= 0.3 is 5.97 Å². The predicted molar refractivity (Wildman–Crippen MR) is 59.2 cm³/mol. The van der Waals surface area contributed by atoms with Crippen molar-refractivity contribution in [2.45, 2.75) is 26.1 Å². The van der Waals surface area contributed by atoms with Crippen molar-refractivity contribution in [3.05, 3.63) is 29.8 Å². The molecule has 88 valence electrons. The van der Waals surface area contributed by atoms with Gasteiger partial charge in [-0.1, -0.05) is 12.1 Å². The zero-order valence-electron chi connectivity index (χ0n) is 9.64. The Morgan fingerprint density at radius 3 is 2.62 bits per heavy atom. The standard InChI is InChI=1S/C12H16O4/c1-8(13)10-5-4-6-11(7-10)16-9(2)12(14)15-3/h4-9,13H,1-3H3/t8-,9?/m0/s1. The fraction of sp³-hybridized carbons (Fsp3) is 0.417. The highest BCUT2D eigenvalue weighted by Gasteiger charge is 2.14. The van der Waals surface area contributed by atoms with E-state index in [-0.39, 0.29) is 0 Å². The van der Waals surface area contributed by atoms with Gasteiger partial charge in [0.05, 0.1) is 13.2 Å². The van der Waals surface area contributed by atoms with E-state index in [0.717, 1.165) is 5.56 Å². The molecule has 0 fully saturated rings. The first-order chi connectivity index (χ1) is 7.54. The molecule has 1 rings (SSSR count). The maximum absolute atomic E-state index is 11.1. The van der Waals surface area contributed by atoms with Crippen molar-refractivity contribution >= 4 is 5.97 Å². The van der Waals surface area contributed by atoms with Crippen molar-refractivity contribution in [3.63, 3.8) is 0 Å². The van der Waals surface area contributed by atoms with E-state index in [1.807, 2.05) is 0 Å². The van der Waals surface area contributed by atoms with Gasteiger partial charge in [0, 0.05) is 0 Å². The lowest BCUT2D eigenvalue weighted by Gasteiger charge is -2.13. The van der Waals surface area contributed by atoms with Crippen LogP contribution in [0.2, 0.25) is 0 Å². The number of methoxy groups -OCH3 is 1. The van der Waals surface area contributed by atoms with Gasteiger partial charge in [-0.05, 0) is 31.5 Å². The van der Waals surface area contributed by atoms with Crippen molar-refractivity contribution in [1.82, 2.24) is 0 Å². The Morgan fingerprint density at radius 2 is 2.06 bits per heavy atom. The molecule has 16 heavy (non-hydrogen) atoms. The SMILES string of the molecule is COC(=O)C(C)Oc1cccc([C@H](C)O)c1. The maximum atomic E-state index is 11.1. The Bertz CT molecular complexity index is 360. The molecule has 0 saturated heterocycles. The minimum Gasteiger partial charge on any atom is -0.479 e. The third-order valence-corrected chi connectivity index (χ3v) is 2.19. The van der Waals surface area contributed by atoms with E-state index < -0.39 is 18.2 Å². The van der Waals surface area contributed by atoms with Gasteiger partial charge < -0.3 is 14.6 Å². The van der Waals surface area contributed by atoms with Crippen LogP contribution in [0.5, 0.6) is 5.75 Å². The highest BCUT2D eigenvalue weighted by atomic mass is 16.6. The fourth-order valence-corrected chi connectivity index (χ4v) is 1.27. The lowest BCUT2D eigenvalue weighted by Crippen LogP contribution is -2.24. The van der Waals surface area contributed by atoms with Crippen molar-refractivity contribution in [2.24, 2.45) is 0 Å². The molecular formula is C12H16O4. The van der Waals surface area contributed by atoms with Gasteiger partial charge in [-0.25, -0.2) is 4.79 Å². The summed E-state index contributed by atoms with van der Waals surface area (Å²) in [5.74, 6) is 0.110. The summed E-state index contributed by atoms with van der Waals surface area (Å²) >= 11 is 0. The monoisotopic (exact) mass is 224 g/mol. The second-order valence-corrected chi connectivity index (χ2v) is 3.53. The molecule has 0 heterocycles. The third kappa shape index (κ3) is 3.24. The molecule has 1 aromatic rings. The second-order valence-electron chi connectivity index (χ2n) is 3.53. The summed E-state index contributed by atoms with van der Waals surface area (Å²) in [7, 11) is 1.31. The van der Waals surface area contributed by atoms with E-state index in [0.29, 0.717) is 5.75 Å². The van der Waals surface area contributed by atoms with Crippen LogP contribution < -0.4 is 4.74 Å². The Labute approximate surface area is 94.8 Å². The first-order valence-corrected chi connectivity index (χ1v) is 5.07. The number of rotatable bonds is 4. The molecule has 0 spiro atoms. The Kier molecular flexibility index (Phi) is 4.31. The summed E-state index contributed by atoms with van der Waals surface area (Å²) in [6.45, 7) is 3.28. The highest BCUT2D eigenvalue weighted by Crippen LogP contribution is 2.19. The number of hydrogen-bond acceptors (Lipinski definition) is 4. The molecule has 0 aliphatic carbocycles. The van der Waals surface area contributed by atoms with Crippen molar-refractivity contribution in [2.75, 3.05) is 7.11 Å². The van der Waals surface area contributed by atoms with Crippen LogP contribution >= 0.6 is 0 Å². The summed E-state index contributed by atoms with van der Waals surface area (Å²) in [5, 5.41) is 9.39. The lowest BCUT2D eigenvalue weighted by molar-refractivity contribution is -0.147. The summed E-state index contributed by atoms with van der Waals surface area (Å²) in [4.78, 5) is 11.1. The number of carbonyl (C=O) groups is 1. The second kappa shape index (κ2) is 5.51. The first kappa shape index (κ1) is 12.5. The molecule has 0 aliphatic heterocycles. The molecule has 0 saturated carbocycles. The zero-order chi connectivity index (χ0) is 12.1. The van der Waals surface area contributed by atoms with Crippen molar-refractivity contribution in [1.29, 1.82) is 0 Å². The quantitative estimate of drug-likeness (QED) is 0.790. The number of hydrogen-bond donors (Lipinski definition) is 1. The molecule has 0 aliphatic rings. The Balaban J connectivity index is 2.74. The van der Waals surface area contributed by atoms with E-state index in [2.05, 4.69) is 4.74 Å². The molecule has 0 radical (unpaired) electrons. The van der Waals surface area contributed by atoms with E-state index in [1.165, 1.54) is 7.11 Å². The highest BCUT2D eigenvalue weighted by molar-refractivity contribution is 5.74. The molecule has 0 bridgehead atoms. The van der Waals surface area contributed by atoms with Gasteiger partial charge in [0.1, 0.15) is 5.75 Å². The lowest BCUT2D eigenvalue weighted by atomic mass is 10.1. The average molecular weight is 224 g/mol. The minimum absolute atomic E-state index is 0.428. The van der Waals surface area contributed by atoms with Crippen molar-refractivity contribution < 1.29 is 19.4 Å². The molecule has 4 nitrogen and oxygen atoms in total. The molecular weight excluding hydrogens is 208 g/mol. The molecule has 0 amide bonds. The summed E-state index contributed by atoms with van der Waals surface area (Å²) < 4.78 is 9.92. The van der Waals surface area contributed by atoms with E-state index in [4.69, 9.17) is 4.74 Å². The van der Waals surface area contributed by atoms with Gasteiger partial charge in [-0.15, -0.1) is 0 Å².